The fraction of sp³-hybridized carbons (Fsp3) is 0.389. The molecule has 148 valence electrons. The third kappa shape index (κ3) is 6.95. The first kappa shape index (κ1) is 20.8. The van der Waals surface area contributed by atoms with Gasteiger partial charge in [0, 0.05) is 25.8 Å². The first-order valence-corrected chi connectivity index (χ1v) is 8.32. The first-order valence-electron chi connectivity index (χ1n) is 8.32. The molecule has 3 N–H and O–H groups in total. The molecule has 6 nitrogen and oxygen atoms in total. The molecule has 0 aliphatic heterocycles. The van der Waals surface area contributed by atoms with Gasteiger partial charge in [-0.3, -0.25) is 0 Å². The highest BCUT2D eigenvalue weighted by molar-refractivity contribution is 5.45. The molecule has 1 heterocycles. The van der Waals surface area contributed by atoms with Crippen LogP contribution in [0.1, 0.15) is 5.56 Å². The Bertz CT molecular complexity index is 696. The number of rotatable bonds is 10. The number of ether oxygens (including phenoxy) is 2. The average Bonchev–Trinajstić information content (AvgIpc) is 2.66. The molecule has 1 aromatic heterocycles. The van der Waals surface area contributed by atoms with Gasteiger partial charge in [0.25, 0.3) is 0 Å². The van der Waals surface area contributed by atoms with E-state index in [9.17, 15) is 18.3 Å². The van der Waals surface area contributed by atoms with Gasteiger partial charge in [-0.05, 0) is 36.4 Å². The summed E-state index contributed by atoms with van der Waals surface area (Å²) in [4.78, 5) is 3.72. The van der Waals surface area contributed by atoms with E-state index < -0.39 is 17.8 Å². The third-order valence-electron chi connectivity index (χ3n) is 3.59. The van der Waals surface area contributed by atoms with Crippen LogP contribution in [0.3, 0.4) is 0 Å². The van der Waals surface area contributed by atoms with E-state index in [0.717, 1.165) is 6.07 Å². The molecule has 0 radical (unpaired) electrons. The smallest absolute Gasteiger partial charge is 0.419 e. The summed E-state index contributed by atoms with van der Waals surface area (Å²) < 4.78 is 49.0. The van der Waals surface area contributed by atoms with Crippen molar-refractivity contribution in [1.82, 2.24) is 10.3 Å². The number of benzene rings is 1. The number of pyridine rings is 1. The molecule has 9 heteroatoms. The lowest BCUT2D eigenvalue weighted by atomic mass is 10.2. The average molecular weight is 385 g/mol. The van der Waals surface area contributed by atoms with Crippen molar-refractivity contribution in [1.29, 1.82) is 0 Å². The van der Waals surface area contributed by atoms with Gasteiger partial charge in [0.15, 0.2) is 0 Å². The summed E-state index contributed by atoms with van der Waals surface area (Å²) in [5.41, 5.74) is -0.807. The topological polar surface area (TPSA) is 75.6 Å². The number of hydrogen-bond acceptors (Lipinski definition) is 6. The van der Waals surface area contributed by atoms with Crippen LogP contribution in [-0.2, 0) is 6.18 Å². The van der Waals surface area contributed by atoms with E-state index in [2.05, 4.69) is 15.6 Å². The van der Waals surface area contributed by atoms with E-state index in [0.29, 0.717) is 18.0 Å². The summed E-state index contributed by atoms with van der Waals surface area (Å²) in [7, 11) is 1.57. The third-order valence-corrected chi connectivity index (χ3v) is 3.59. The van der Waals surface area contributed by atoms with Gasteiger partial charge < -0.3 is 25.2 Å². The van der Waals surface area contributed by atoms with Crippen LogP contribution in [0.2, 0.25) is 0 Å². The van der Waals surface area contributed by atoms with Gasteiger partial charge in [-0.25, -0.2) is 4.98 Å². The SMILES string of the molecule is COc1ccc(OCC(O)CNCCNc2ncccc2C(F)(F)F)cc1. The van der Waals surface area contributed by atoms with Crippen LogP contribution in [0.15, 0.2) is 42.6 Å². The number of nitrogens with zero attached hydrogens (tertiary/aromatic N) is 1. The zero-order valence-corrected chi connectivity index (χ0v) is 14.8. The summed E-state index contributed by atoms with van der Waals surface area (Å²) in [5, 5.41) is 15.5. The van der Waals surface area contributed by atoms with Crippen molar-refractivity contribution in [2.24, 2.45) is 0 Å². The minimum Gasteiger partial charge on any atom is -0.497 e. The summed E-state index contributed by atoms with van der Waals surface area (Å²) in [6.45, 7) is 0.914. The van der Waals surface area contributed by atoms with E-state index in [4.69, 9.17) is 9.47 Å². The normalized spacial score (nSPS) is 12.5. The highest BCUT2D eigenvalue weighted by Crippen LogP contribution is 2.33. The number of aliphatic hydroxyl groups is 1. The molecule has 0 amide bonds. The maximum Gasteiger partial charge on any atom is 0.419 e. The zero-order chi connectivity index (χ0) is 19.7. The molecule has 1 unspecified atom stereocenters. The van der Waals surface area contributed by atoms with Gasteiger partial charge in [-0.15, -0.1) is 0 Å². The molecule has 0 bridgehead atoms. The molecule has 2 aromatic rings. The van der Waals surface area contributed by atoms with Gasteiger partial charge >= 0.3 is 6.18 Å². The molecule has 0 aliphatic carbocycles. The Morgan fingerprint density at radius 3 is 2.48 bits per heavy atom. The Hall–Kier alpha value is -2.52. The van der Waals surface area contributed by atoms with Gasteiger partial charge in [-0.1, -0.05) is 0 Å². The van der Waals surface area contributed by atoms with E-state index >= 15 is 0 Å². The number of aliphatic hydroxyl groups excluding tert-OH is 1. The number of aromatic nitrogens is 1. The Morgan fingerprint density at radius 1 is 1.11 bits per heavy atom. The second-order valence-corrected chi connectivity index (χ2v) is 5.67. The molecule has 1 atom stereocenters. The van der Waals surface area contributed by atoms with E-state index in [1.807, 2.05) is 0 Å². The molecule has 0 saturated heterocycles. The molecular formula is C18H22F3N3O3. The number of anilines is 1. The van der Waals surface area contributed by atoms with Crippen molar-refractivity contribution < 1.29 is 27.8 Å². The minimum absolute atomic E-state index is 0.0885. The zero-order valence-electron chi connectivity index (χ0n) is 14.8. The van der Waals surface area contributed by atoms with Crippen LogP contribution < -0.4 is 20.1 Å². The predicted octanol–water partition coefficient (Wildman–Crippen LogP) is 2.55. The Kier molecular flexibility index (Phi) is 7.68. The van der Waals surface area contributed by atoms with Gasteiger partial charge in [0.2, 0.25) is 0 Å². The number of hydrogen-bond donors (Lipinski definition) is 3. The summed E-state index contributed by atoms with van der Waals surface area (Å²) >= 11 is 0. The predicted molar refractivity (Wildman–Crippen MR) is 95.1 cm³/mol. The van der Waals surface area contributed by atoms with Gasteiger partial charge in [-0.2, -0.15) is 13.2 Å². The highest BCUT2D eigenvalue weighted by Gasteiger charge is 2.33. The number of halogens is 3. The minimum atomic E-state index is -4.46. The van der Waals surface area contributed by atoms with Crippen LogP contribution in [0, 0.1) is 0 Å². The molecule has 0 fully saturated rings. The quantitative estimate of drug-likeness (QED) is 0.546. The molecule has 27 heavy (non-hydrogen) atoms. The Balaban J connectivity index is 1.65. The highest BCUT2D eigenvalue weighted by atomic mass is 19.4. The van der Waals surface area contributed by atoms with Crippen molar-refractivity contribution >= 4 is 5.82 Å². The van der Waals surface area contributed by atoms with Crippen LogP contribution in [0.4, 0.5) is 19.0 Å². The second kappa shape index (κ2) is 9.98. The van der Waals surface area contributed by atoms with Crippen molar-refractivity contribution in [3.05, 3.63) is 48.2 Å². The number of methoxy groups -OCH3 is 1. The molecule has 0 spiro atoms. The lowest BCUT2D eigenvalue weighted by molar-refractivity contribution is -0.137. The maximum absolute atomic E-state index is 12.8. The van der Waals surface area contributed by atoms with Crippen molar-refractivity contribution in [3.63, 3.8) is 0 Å². The Morgan fingerprint density at radius 2 is 1.81 bits per heavy atom. The van der Waals surface area contributed by atoms with Crippen LogP contribution in [0.25, 0.3) is 0 Å². The lowest BCUT2D eigenvalue weighted by Gasteiger charge is -2.15. The first-order chi connectivity index (χ1) is 12.9. The van der Waals surface area contributed by atoms with Crippen LogP contribution >= 0.6 is 0 Å². The summed E-state index contributed by atoms with van der Waals surface area (Å²) in [5.74, 6) is 1.10. The summed E-state index contributed by atoms with van der Waals surface area (Å²) in [6, 6.07) is 9.17. The van der Waals surface area contributed by atoms with Crippen LogP contribution in [0.5, 0.6) is 11.5 Å². The number of alkyl halides is 3. The molecule has 1 aromatic carbocycles. The van der Waals surface area contributed by atoms with Gasteiger partial charge in [0.1, 0.15) is 30.0 Å². The maximum atomic E-state index is 12.8. The molecular weight excluding hydrogens is 363 g/mol. The molecule has 0 saturated carbocycles. The standard InChI is InChI=1S/C18H22F3N3O3/c1-26-14-4-6-15(7-5-14)27-12-13(25)11-22-9-10-24-17-16(18(19,20)21)3-2-8-23-17/h2-8,13,22,25H,9-12H2,1H3,(H,23,24). The van der Waals surface area contributed by atoms with Crippen molar-refractivity contribution in [3.8, 4) is 11.5 Å². The largest absolute Gasteiger partial charge is 0.497 e. The summed E-state index contributed by atoms with van der Waals surface area (Å²) in [6.07, 6.45) is -3.92. The van der Waals surface area contributed by atoms with Crippen molar-refractivity contribution in [2.45, 2.75) is 12.3 Å². The fourth-order valence-electron chi connectivity index (χ4n) is 2.24. The van der Waals surface area contributed by atoms with E-state index in [1.54, 1.807) is 31.4 Å². The molecule has 0 aliphatic rings. The fourth-order valence-corrected chi connectivity index (χ4v) is 2.24. The van der Waals surface area contributed by atoms with E-state index in [1.165, 1.54) is 12.3 Å². The van der Waals surface area contributed by atoms with E-state index in [-0.39, 0.29) is 25.5 Å². The second-order valence-electron chi connectivity index (χ2n) is 5.67. The number of nitrogens with one attached hydrogen (secondary N) is 2. The monoisotopic (exact) mass is 385 g/mol. The molecule has 2 rings (SSSR count). The lowest BCUT2D eigenvalue weighted by Crippen LogP contribution is -2.34. The Labute approximate surface area is 155 Å². The van der Waals surface area contributed by atoms with Crippen molar-refractivity contribution in [2.75, 3.05) is 38.7 Å². The van der Waals surface area contributed by atoms with Crippen LogP contribution in [-0.4, -0.2) is 49.5 Å². The van der Waals surface area contributed by atoms with Gasteiger partial charge in [0.05, 0.1) is 12.7 Å².